The zero-order valence-electron chi connectivity index (χ0n) is 13.3. The van der Waals surface area contributed by atoms with E-state index in [2.05, 4.69) is 19.2 Å². The molecule has 0 radical (unpaired) electrons. The number of piperidine rings is 1. The number of carbonyl (C=O) groups is 1. The van der Waals surface area contributed by atoms with Crippen LogP contribution in [0.25, 0.3) is 0 Å². The maximum Gasteiger partial charge on any atom is 0.253 e. The van der Waals surface area contributed by atoms with E-state index in [1.807, 2.05) is 36.2 Å². The van der Waals surface area contributed by atoms with Gasteiger partial charge in [-0.05, 0) is 44.0 Å². The van der Waals surface area contributed by atoms with Crippen molar-refractivity contribution in [2.24, 2.45) is 5.92 Å². The summed E-state index contributed by atoms with van der Waals surface area (Å²) in [5.41, 5.74) is 0.721. The lowest BCUT2D eigenvalue weighted by atomic mass is 10.0. The van der Waals surface area contributed by atoms with E-state index in [1.165, 1.54) is 0 Å². The molecule has 21 heavy (non-hydrogen) atoms. The van der Waals surface area contributed by atoms with Gasteiger partial charge in [0.05, 0.1) is 6.61 Å². The Hall–Kier alpha value is -1.55. The molecule has 1 amide bonds. The first-order valence-corrected chi connectivity index (χ1v) is 7.79. The van der Waals surface area contributed by atoms with Gasteiger partial charge in [0.15, 0.2) is 0 Å². The Morgan fingerprint density at radius 1 is 1.38 bits per heavy atom. The van der Waals surface area contributed by atoms with E-state index >= 15 is 0 Å². The molecule has 116 valence electrons. The number of nitrogens with one attached hydrogen (secondary N) is 1. The molecule has 0 spiro atoms. The molecule has 2 rings (SSSR count). The first-order chi connectivity index (χ1) is 10.1. The Bertz CT molecular complexity index is 466. The van der Waals surface area contributed by atoms with Crippen LogP contribution >= 0.6 is 0 Å². The summed E-state index contributed by atoms with van der Waals surface area (Å²) in [4.78, 5) is 14.5. The van der Waals surface area contributed by atoms with E-state index in [9.17, 15) is 4.79 Å². The minimum Gasteiger partial charge on any atom is -0.493 e. The number of hydrogen-bond donors (Lipinski definition) is 1. The van der Waals surface area contributed by atoms with Crippen LogP contribution in [0.3, 0.4) is 0 Å². The monoisotopic (exact) mass is 290 g/mol. The number of carbonyl (C=O) groups excluding carboxylic acids is 1. The van der Waals surface area contributed by atoms with E-state index in [-0.39, 0.29) is 5.91 Å². The lowest BCUT2D eigenvalue weighted by molar-refractivity contribution is 0.0707. The third kappa shape index (κ3) is 4.46. The van der Waals surface area contributed by atoms with E-state index in [4.69, 9.17) is 4.74 Å². The van der Waals surface area contributed by atoms with Gasteiger partial charge in [0, 0.05) is 24.7 Å². The van der Waals surface area contributed by atoms with Crippen LogP contribution < -0.4 is 10.1 Å². The van der Waals surface area contributed by atoms with E-state index in [1.54, 1.807) is 0 Å². The van der Waals surface area contributed by atoms with Crippen molar-refractivity contribution in [2.75, 3.05) is 26.7 Å². The van der Waals surface area contributed by atoms with Crippen LogP contribution in [0.2, 0.25) is 0 Å². The van der Waals surface area contributed by atoms with Gasteiger partial charge in [-0.25, -0.2) is 0 Å². The number of amides is 1. The molecule has 0 aromatic heterocycles. The van der Waals surface area contributed by atoms with E-state index < -0.39 is 0 Å². The molecular formula is C17H26N2O2. The summed E-state index contributed by atoms with van der Waals surface area (Å²) in [7, 11) is 1.98. The molecule has 0 saturated carbocycles. The number of rotatable bonds is 5. The van der Waals surface area contributed by atoms with Crippen molar-refractivity contribution >= 4 is 5.91 Å². The molecule has 1 heterocycles. The van der Waals surface area contributed by atoms with Crippen LogP contribution in [0, 0.1) is 5.92 Å². The highest BCUT2D eigenvalue weighted by molar-refractivity contribution is 5.94. The fourth-order valence-electron chi connectivity index (χ4n) is 2.54. The lowest BCUT2D eigenvalue weighted by Gasteiger charge is -2.31. The van der Waals surface area contributed by atoms with Crippen LogP contribution in [-0.4, -0.2) is 43.6 Å². The fraction of sp³-hybridized carbons (Fsp3) is 0.588. The normalized spacial score (nSPS) is 16.3. The van der Waals surface area contributed by atoms with Gasteiger partial charge in [0.1, 0.15) is 5.75 Å². The standard InChI is InChI=1S/C17H26N2O2/c1-13(2)12-21-16-6-4-5-14(11-16)17(20)19-9-7-15(18-3)8-10-19/h4-6,11,13,15,18H,7-10,12H2,1-3H3. The van der Waals surface area contributed by atoms with Gasteiger partial charge in [-0.1, -0.05) is 19.9 Å². The Labute approximate surface area is 127 Å². The third-order valence-electron chi connectivity index (χ3n) is 3.85. The van der Waals surface area contributed by atoms with Crippen molar-refractivity contribution < 1.29 is 9.53 Å². The molecule has 1 N–H and O–H groups in total. The minimum absolute atomic E-state index is 0.111. The van der Waals surface area contributed by atoms with Crippen LogP contribution in [0.1, 0.15) is 37.0 Å². The Morgan fingerprint density at radius 2 is 2.10 bits per heavy atom. The third-order valence-corrected chi connectivity index (χ3v) is 3.85. The van der Waals surface area contributed by atoms with Crippen molar-refractivity contribution in [1.29, 1.82) is 0 Å². The second-order valence-electron chi connectivity index (χ2n) is 6.09. The van der Waals surface area contributed by atoms with Crippen LogP contribution in [0.4, 0.5) is 0 Å². The molecule has 0 atom stereocenters. The predicted molar refractivity (Wildman–Crippen MR) is 84.8 cm³/mol. The fourth-order valence-corrected chi connectivity index (χ4v) is 2.54. The maximum atomic E-state index is 12.5. The van der Waals surface area contributed by atoms with Crippen LogP contribution in [0.15, 0.2) is 24.3 Å². The highest BCUT2D eigenvalue weighted by Crippen LogP contribution is 2.18. The summed E-state index contributed by atoms with van der Waals surface area (Å²) >= 11 is 0. The predicted octanol–water partition coefficient (Wildman–Crippen LogP) is 2.55. The minimum atomic E-state index is 0.111. The second-order valence-corrected chi connectivity index (χ2v) is 6.09. The molecule has 4 nitrogen and oxygen atoms in total. The molecule has 1 aromatic carbocycles. The van der Waals surface area contributed by atoms with Gasteiger partial charge in [0.2, 0.25) is 0 Å². The average Bonchev–Trinajstić information content (AvgIpc) is 2.52. The summed E-state index contributed by atoms with van der Waals surface area (Å²) in [5.74, 6) is 1.36. The number of hydrogen-bond acceptors (Lipinski definition) is 3. The smallest absolute Gasteiger partial charge is 0.253 e. The second kappa shape index (κ2) is 7.46. The van der Waals surface area contributed by atoms with Gasteiger partial charge in [-0.15, -0.1) is 0 Å². The number of likely N-dealkylation sites (tertiary alicyclic amines) is 1. The molecule has 4 heteroatoms. The van der Waals surface area contributed by atoms with Crippen molar-refractivity contribution in [2.45, 2.75) is 32.7 Å². The number of nitrogens with zero attached hydrogens (tertiary/aromatic N) is 1. The number of benzene rings is 1. The zero-order chi connectivity index (χ0) is 15.2. The van der Waals surface area contributed by atoms with Gasteiger partial charge in [0.25, 0.3) is 5.91 Å². The topological polar surface area (TPSA) is 41.6 Å². The molecule has 0 bridgehead atoms. The quantitative estimate of drug-likeness (QED) is 0.906. The molecule has 0 aliphatic carbocycles. The highest BCUT2D eigenvalue weighted by atomic mass is 16.5. The molecule has 1 saturated heterocycles. The largest absolute Gasteiger partial charge is 0.493 e. The van der Waals surface area contributed by atoms with Crippen molar-refractivity contribution in [3.8, 4) is 5.75 Å². The Balaban J connectivity index is 1.97. The molecule has 1 aromatic rings. The highest BCUT2D eigenvalue weighted by Gasteiger charge is 2.22. The average molecular weight is 290 g/mol. The molecule has 1 aliphatic heterocycles. The van der Waals surface area contributed by atoms with Gasteiger partial charge >= 0.3 is 0 Å². The van der Waals surface area contributed by atoms with Crippen LogP contribution in [0.5, 0.6) is 5.75 Å². The first kappa shape index (κ1) is 15.8. The van der Waals surface area contributed by atoms with Crippen molar-refractivity contribution in [3.05, 3.63) is 29.8 Å². The Morgan fingerprint density at radius 3 is 2.71 bits per heavy atom. The van der Waals surface area contributed by atoms with E-state index in [0.29, 0.717) is 18.6 Å². The van der Waals surface area contributed by atoms with Crippen molar-refractivity contribution in [3.63, 3.8) is 0 Å². The number of ether oxygens (including phenoxy) is 1. The lowest BCUT2D eigenvalue weighted by Crippen LogP contribution is -2.43. The molecule has 1 fully saturated rings. The van der Waals surface area contributed by atoms with E-state index in [0.717, 1.165) is 37.2 Å². The summed E-state index contributed by atoms with van der Waals surface area (Å²) < 4.78 is 5.70. The molecule has 1 aliphatic rings. The molecular weight excluding hydrogens is 264 g/mol. The SMILES string of the molecule is CNC1CCN(C(=O)c2cccc(OCC(C)C)c2)CC1. The summed E-state index contributed by atoms with van der Waals surface area (Å²) in [6.45, 7) is 6.54. The van der Waals surface area contributed by atoms with Crippen LogP contribution in [-0.2, 0) is 0 Å². The molecule has 0 unspecified atom stereocenters. The van der Waals surface area contributed by atoms with Crippen molar-refractivity contribution in [1.82, 2.24) is 10.2 Å². The van der Waals surface area contributed by atoms with Gasteiger partial charge in [-0.2, -0.15) is 0 Å². The summed E-state index contributed by atoms with van der Waals surface area (Å²) in [6.07, 6.45) is 2.04. The van der Waals surface area contributed by atoms with Gasteiger partial charge in [-0.3, -0.25) is 4.79 Å². The summed E-state index contributed by atoms with van der Waals surface area (Å²) in [5, 5.41) is 3.28. The Kier molecular flexibility index (Phi) is 5.62. The summed E-state index contributed by atoms with van der Waals surface area (Å²) in [6, 6.07) is 8.06. The zero-order valence-corrected chi connectivity index (χ0v) is 13.3. The van der Waals surface area contributed by atoms with Gasteiger partial charge < -0.3 is 15.0 Å². The first-order valence-electron chi connectivity index (χ1n) is 7.79. The maximum absolute atomic E-state index is 12.5.